The molecule has 0 saturated heterocycles. The normalized spacial score (nSPS) is 10.6. The summed E-state index contributed by atoms with van der Waals surface area (Å²) in [7, 11) is 1.84. The molecule has 0 spiro atoms. The number of nitrogens with two attached hydrogens (primary N) is 1. The van der Waals surface area contributed by atoms with Crippen molar-refractivity contribution in [3.05, 3.63) is 34.4 Å². The molecule has 3 nitrogen and oxygen atoms in total. The first-order valence-corrected chi connectivity index (χ1v) is 5.43. The molecule has 0 aliphatic rings. The first-order valence-electron chi connectivity index (χ1n) is 4.64. The fourth-order valence-electron chi connectivity index (χ4n) is 1.55. The predicted octanol–water partition coefficient (Wildman–Crippen LogP) is 2.74. The van der Waals surface area contributed by atoms with Crippen LogP contribution in [-0.4, -0.2) is 9.78 Å². The Morgan fingerprint density at radius 2 is 2.07 bits per heavy atom. The predicted molar refractivity (Wildman–Crippen MR) is 65.5 cm³/mol. The van der Waals surface area contributed by atoms with Gasteiger partial charge in [0.1, 0.15) is 5.82 Å². The lowest BCUT2D eigenvalue weighted by Crippen LogP contribution is -1.98. The Bertz CT molecular complexity index is 503. The van der Waals surface area contributed by atoms with Crippen LogP contribution in [0.25, 0.3) is 11.1 Å². The third-order valence-electron chi connectivity index (χ3n) is 2.54. The second kappa shape index (κ2) is 3.70. The van der Waals surface area contributed by atoms with Crippen LogP contribution < -0.4 is 5.73 Å². The van der Waals surface area contributed by atoms with Gasteiger partial charge in [-0.05, 0) is 24.1 Å². The fraction of sp³-hybridized carbons (Fsp3) is 0.182. The lowest BCUT2D eigenvalue weighted by molar-refractivity contribution is 0.779. The van der Waals surface area contributed by atoms with Gasteiger partial charge in [0.25, 0.3) is 0 Å². The van der Waals surface area contributed by atoms with Gasteiger partial charge in [-0.15, -0.1) is 0 Å². The molecule has 2 N–H and O–H groups in total. The van der Waals surface area contributed by atoms with Crippen molar-refractivity contribution >= 4 is 21.7 Å². The second-order valence-electron chi connectivity index (χ2n) is 3.48. The highest BCUT2D eigenvalue weighted by Crippen LogP contribution is 2.31. The van der Waals surface area contributed by atoms with Gasteiger partial charge in [0, 0.05) is 17.1 Å². The topological polar surface area (TPSA) is 43.8 Å². The molecular weight excluding hydrogens is 254 g/mol. The molecule has 0 fully saturated rings. The van der Waals surface area contributed by atoms with Crippen molar-refractivity contribution in [2.24, 2.45) is 7.05 Å². The zero-order valence-electron chi connectivity index (χ0n) is 8.66. The number of anilines is 1. The van der Waals surface area contributed by atoms with E-state index in [2.05, 4.69) is 28.0 Å². The van der Waals surface area contributed by atoms with Gasteiger partial charge in [-0.2, -0.15) is 5.10 Å². The Labute approximate surface area is 97.0 Å². The summed E-state index contributed by atoms with van der Waals surface area (Å²) >= 11 is 3.51. The summed E-state index contributed by atoms with van der Waals surface area (Å²) in [6.07, 6.45) is 1.80. The van der Waals surface area contributed by atoms with E-state index in [1.54, 1.807) is 10.9 Å². The number of aromatic nitrogens is 2. The van der Waals surface area contributed by atoms with Gasteiger partial charge in [-0.25, -0.2) is 0 Å². The Kier molecular flexibility index (Phi) is 2.52. The number of rotatable bonds is 1. The van der Waals surface area contributed by atoms with Gasteiger partial charge in [0.05, 0.1) is 6.20 Å². The van der Waals surface area contributed by atoms with Gasteiger partial charge >= 0.3 is 0 Å². The van der Waals surface area contributed by atoms with Gasteiger partial charge in [-0.3, -0.25) is 4.68 Å². The number of nitrogens with zero attached hydrogens (tertiary/aromatic N) is 2. The molecule has 1 heterocycles. The van der Waals surface area contributed by atoms with Crippen molar-refractivity contribution in [3.8, 4) is 11.1 Å². The highest BCUT2D eigenvalue weighted by Gasteiger charge is 2.10. The van der Waals surface area contributed by atoms with E-state index in [0.717, 1.165) is 15.6 Å². The molecule has 0 saturated carbocycles. The summed E-state index contributed by atoms with van der Waals surface area (Å²) in [6, 6.07) is 6.07. The quantitative estimate of drug-likeness (QED) is 0.862. The summed E-state index contributed by atoms with van der Waals surface area (Å²) in [5.41, 5.74) is 9.22. The average Bonchev–Trinajstić information content (AvgIpc) is 2.53. The second-order valence-corrected chi connectivity index (χ2v) is 4.33. The van der Waals surface area contributed by atoms with Crippen LogP contribution in [0.5, 0.6) is 0 Å². The van der Waals surface area contributed by atoms with Crippen LogP contribution in [0.2, 0.25) is 0 Å². The van der Waals surface area contributed by atoms with Gasteiger partial charge < -0.3 is 5.73 Å². The lowest BCUT2D eigenvalue weighted by Gasteiger charge is -2.06. The van der Waals surface area contributed by atoms with E-state index in [9.17, 15) is 0 Å². The first kappa shape index (κ1) is 10.2. The van der Waals surface area contributed by atoms with Crippen LogP contribution in [0, 0.1) is 6.92 Å². The van der Waals surface area contributed by atoms with Gasteiger partial charge in [0.2, 0.25) is 0 Å². The molecule has 0 radical (unpaired) electrons. The lowest BCUT2D eigenvalue weighted by atomic mass is 10.0. The fourth-order valence-corrected chi connectivity index (χ4v) is 1.92. The Morgan fingerprint density at radius 3 is 2.67 bits per heavy atom. The van der Waals surface area contributed by atoms with E-state index in [1.807, 2.05) is 25.2 Å². The zero-order valence-corrected chi connectivity index (χ0v) is 10.2. The molecule has 78 valence electrons. The molecule has 4 heteroatoms. The minimum absolute atomic E-state index is 0.691. The summed E-state index contributed by atoms with van der Waals surface area (Å²) in [5, 5.41) is 4.14. The van der Waals surface area contributed by atoms with Crippen molar-refractivity contribution in [1.29, 1.82) is 0 Å². The molecular formula is C11H12BrN3. The highest BCUT2D eigenvalue weighted by atomic mass is 79.9. The first-order chi connectivity index (χ1) is 7.11. The van der Waals surface area contributed by atoms with E-state index in [-0.39, 0.29) is 0 Å². The summed E-state index contributed by atoms with van der Waals surface area (Å²) < 4.78 is 2.76. The van der Waals surface area contributed by atoms with E-state index >= 15 is 0 Å². The number of hydrogen-bond donors (Lipinski definition) is 1. The summed E-state index contributed by atoms with van der Waals surface area (Å²) in [6.45, 7) is 2.06. The molecule has 0 bridgehead atoms. The summed E-state index contributed by atoms with van der Waals surface area (Å²) in [4.78, 5) is 0. The number of aryl methyl sites for hydroxylation is 1. The van der Waals surface area contributed by atoms with Gasteiger partial charge in [0.15, 0.2) is 0 Å². The van der Waals surface area contributed by atoms with Crippen LogP contribution >= 0.6 is 15.9 Å². The van der Waals surface area contributed by atoms with Crippen molar-refractivity contribution in [2.45, 2.75) is 6.92 Å². The van der Waals surface area contributed by atoms with Crippen LogP contribution in [-0.2, 0) is 7.05 Å². The highest BCUT2D eigenvalue weighted by molar-refractivity contribution is 9.10. The standard InChI is InChI=1S/C11H12BrN3/c1-7-8(4-3-5-10(7)12)9-6-14-15(2)11(9)13/h3-6H,13H2,1-2H3. The van der Waals surface area contributed by atoms with Crippen molar-refractivity contribution < 1.29 is 0 Å². The van der Waals surface area contributed by atoms with Crippen LogP contribution in [0.4, 0.5) is 5.82 Å². The number of benzene rings is 1. The van der Waals surface area contributed by atoms with Crippen molar-refractivity contribution in [2.75, 3.05) is 5.73 Å². The Morgan fingerprint density at radius 1 is 1.33 bits per heavy atom. The Balaban J connectivity index is 2.64. The SMILES string of the molecule is Cc1c(Br)cccc1-c1cnn(C)c1N. The third-order valence-corrected chi connectivity index (χ3v) is 3.40. The van der Waals surface area contributed by atoms with Gasteiger partial charge in [-0.1, -0.05) is 28.1 Å². The monoisotopic (exact) mass is 265 g/mol. The average molecular weight is 266 g/mol. The number of nitrogen functional groups attached to an aromatic ring is 1. The van der Waals surface area contributed by atoms with E-state index in [1.165, 1.54) is 5.56 Å². The molecule has 0 atom stereocenters. The zero-order chi connectivity index (χ0) is 11.0. The van der Waals surface area contributed by atoms with E-state index in [0.29, 0.717) is 5.82 Å². The molecule has 2 aromatic rings. The molecule has 0 aliphatic heterocycles. The molecule has 1 aromatic heterocycles. The maximum atomic E-state index is 5.94. The van der Waals surface area contributed by atoms with Crippen LogP contribution in [0.15, 0.2) is 28.9 Å². The molecule has 0 aliphatic carbocycles. The minimum atomic E-state index is 0.691. The number of halogens is 1. The molecule has 0 unspecified atom stereocenters. The Hall–Kier alpha value is -1.29. The van der Waals surface area contributed by atoms with Crippen LogP contribution in [0.1, 0.15) is 5.56 Å². The minimum Gasteiger partial charge on any atom is -0.383 e. The molecule has 15 heavy (non-hydrogen) atoms. The van der Waals surface area contributed by atoms with Crippen molar-refractivity contribution in [3.63, 3.8) is 0 Å². The third kappa shape index (κ3) is 1.65. The maximum Gasteiger partial charge on any atom is 0.129 e. The number of hydrogen-bond acceptors (Lipinski definition) is 2. The van der Waals surface area contributed by atoms with Crippen molar-refractivity contribution in [1.82, 2.24) is 9.78 Å². The summed E-state index contributed by atoms with van der Waals surface area (Å²) in [5.74, 6) is 0.691. The maximum absolute atomic E-state index is 5.94. The molecule has 2 rings (SSSR count). The van der Waals surface area contributed by atoms with E-state index < -0.39 is 0 Å². The molecule has 0 amide bonds. The van der Waals surface area contributed by atoms with E-state index in [4.69, 9.17) is 5.73 Å². The molecule has 1 aromatic carbocycles. The largest absolute Gasteiger partial charge is 0.383 e. The van der Waals surface area contributed by atoms with Crippen LogP contribution in [0.3, 0.4) is 0 Å². The smallest absolute Gasteiger partial charge is 0.129 e.